The first kappa shape index (κ1) is 20.6. The second-order valence-corrected chi connectivity index (χ2v) is 18.0. The zero-order valence-corrected chi connectivity index (χ0v) is 18.2. The van der Waals surface area contributed by atoms with Crippen LogP contribution in [0.3, 0.4) is 0 Å². The average Bonchev–Trinajstić information content (AvgIpc) is 2.24. The molecule has 0 aliphatic carbocycles. The van der Waals surface area contributed by atoms with E-state index in [1.807, 2.05) is 0 Å². The summed E-state index contributed by atoms with van der Waals surface area (Å²) < 4.78 is 12.6. The molecule has 0 aromatic carbocycles. The summed E-state index contributed by atoms with van der Waals surface area (Å²) >= 11 is 0. The molecule has 0 bridgehead atoms. The molecule has 20 heavy (non-hydrogen) atoms. The molecule has 0 atom stereocenters. The topological polar surface area (TPSA) is 18.5 Å². The van der Waals surface area contributed by atoms with E-state index in [9.17, 15) is 0 Å². The van der Waals surface area contributed by atoms with E-state index in [4.69, 9.17) is 8.23 Å². The summed E-state index contributed by atoms with van der Waals surface area (Å²) in [6, 6.07) is 1.29. The van der Waals surface area contributed by atoms with E-state index >= 15 is 0 Å². The Morgan fingerprint density at radius 2 is 1.30 bits per heavy atom. The van der Waals surface area contributed by atoms with Gasteiger partial charge in [0.25, 0.3) is 0 Å². The first-order valence-corrected chi connectivity index (χ1v) is 17.3. The third kappa shape index (κ3) is 12.3. The highest BCUT2D eigenvalue weighted by Crippen LogP contribution is 2.23. The van der Waals surface area contributed by atoms with Gasteiger partial charge in [0.15, 0.2) is 17.4 Å². The van der Waals surface area contributed by atoms with Crippen LogP contribution in [0.5, 0.6) is 0 Å². The van der Waals surface area contributed by atoms with E-state index in [-0.39, 0.29) is 0 Å². The number of hydrogen-bond donors (Lipinski definition) is 0. The van der Waals surface area contributed by atoms with Gasteiger partial charge < -0.3 is 8.23 Å². The number of rotatable bonds is 12. The lowest BCUT2D eigenvalue weighted by molar-refractivity contribution is 0.399. The fourth-order valence-corrected chi connectivity index (χ4v) is 14.8. The molecule has 0 unspecified atom stereocenters. The molecule has 0 aliphatic heterocycles. The summed E-state index contributed by atoms with van der Waals surface area (Å²) in [4.78, 5) is 0. The van der Waals surface area contributed by atoms with Gasteiger partial charge >= 0.3 is 8.56 Å². The third-order valence-electron chi connectivity index (χ3n) is 3.42. The summed E-state index contributed by atoms with van der Waals surface area (Å²) in [5.74, 6) is 0. The highest BCUT2D eigenvalue weighted by molar-refractivity contribution is 6.84. The van der Waals surface area contributed by atoms with Crippen LogP contribution in [-0.2, 0) is 8.23 Å². The Kier molecular flexibility index (Phi) is 10.6. The predicted octanol–water partition coefficient (Wildman–Crippen LogP) is 5.66. The van der Waals surface area contributed by atoms with Gasteiger partial charge in [-0.05, 0) is 45.3 Å². The summed E-state index contributed by atoms with van der Waals surface area (Å²) in [7, 11) is -4.36. The lowest BCUT2D eigenvalue weighted by Crippen LogP contribution is -2.48. The summed E-state index contributed by atoms with van der Waals surface area (Å²) in [5.41, 5.74) is 0. The van der Waals surface area contributed by atoms with Gasteiger partial charge in [0.2, 0.25) is 0 Å². The Labute approximate surface area is 131 Å². The minimum atomic E-state index is -1.86. The minimum absolute atomic E-state index is 0.976. The lowest BCUT2D eigenvalue weighted by Gasteiger charge is -2.34. The van der Waals surface area contributed by atoms with Crippen LogP contribution in [0.15, 0.2) is 0 Å². The van der Waals surface area contributed by atoms with E-state index in [0.717, 1.165) is 0 Å². The second-order valence-electron chi connectivity index (χ2n) is 7.30. The molecule has 5 heteroatoms. The maximum absolute atomic E-state index is 6.47. The number of hydrogen-bond acceptors (Lipinski definition) is 2. The van der Waals surface area contributed by atoms with Crippen LogP contribution in [0.1, 0.15) is 51.9 Å². The van der Waals surface area contributed by atoms with Crippen LogP contribution in [-0.4, -0.2) is 25.9 Å². The first-order chi connectivity index (χ1) is 9.18. The molecular weight excluding hydrogens is 296 g/mol. The predicted molar refractivity (Wildman–Crippen MR) is 98.8 cm³/mol. The average molecular weight is 335 g/mol. The van der Waals surface area contributed by atoms with E-state index < -0.39 is 25.9 Å². The molecular formula is C15H38O2Si3. The van der Waals surface area contributed by atoms with E-state index in [1.54, 1.807) is 0 Å². The molecule has 0 saturated carbocycles. The van der Waals surface area contributed by atoms with Gasteiger partial charge in [-0.15, -0.1) is 0 Å². The zero-order chi connectivity index (χ0) is 15.6. The fourth-order valence-electron chi connectivity index (χ4n) is 2.82. The largest absolute Gasteiger partial charge is 0.440 e. The van der Waals surface area contributed by atoms with Gasteiger partial charge in [0.1, 0.15) is 0 Å². The Hall–Kier alpha value is 0.571. The van der Waals surface area contributed by atoms with Crippen LogP contribution < -0.4 is 0 Å². The molecule has 0 saturated heterocycles. The quantitative estimate of drug-likeness (QED) is 0.338. The highest BCUT2D eigenvalue weighted by Gasteiger charge is 2.34. The summed E-state index contributed by atoms with van der Waals surface area (Å²) in [6.45, 7) is 15.9. The Morgan fingerprint density at radius 3 is 1.80 bits per heavy atom. The van der Waals surface area contributed by atoms with Crippen molar-refractivity contribution in [3.63, 3.8) is 0 Å². The molecule has 122 valence electrons. The molecule has 0 aliphatic rings. The lowest BCUT2D eigenvalue weighted by atomic mass is 10.1. The molecule has 0 heterocycles. The minimum Gasteiger partial charge on any atom is -0.440 e. The van der Waals surface area contributed by atoms with E-state index in [0.29, 0.717) is 0 Å². The smallest absolute Gasteiger partial charge is 0.310 e. The van der Waals surface area contributed by atoms with Gasteiger partial charge in [-0.3, -0.25) is 0 Å². The second kappa shape index (κ2) is 10.3. The Bertz CT molecular complexity index is 243. The van der Waals surface area contributed by atoms with Crippen molar-refractivity contribution in [2.24, 2.45) is 0 Å². The molecule has 0 aromatic rings. The molecule has 0 spiro atoms. The van der Waals surface area contributed by atoms with E-state index in [2.05, 4.69) is 46.2 Å². The Balaban J connectivity index is 3.83. The van der Waals surface area contributed by atoms with Crippen molar-refractivity contribution in [3.8, 4) is 0 Å². The van der Waals surface area contributed by atoms with Crippen molar-refractivity contribution in [1.29, 1.82) is 0 Å². The molecule has 0 fully saturated rings. The van der Waals surface area contributed by atoms with Crippen molar-refractivity contribution >= 4 is 25.9 Å². The Morgan fingerprint density at radius 1 is 0.800 bits per heavy atom. The van der Waals surface area contributed by atoms with Gasteiger partial charge in [0, 0.05) is 0 Å². The zero-order valence-electron chi connectivity index (χ0n) is 15.1. The van der Waals surface area contributed by atoms with Crippen molar-refractivity contribution < 1.29 is 8.23 Å². The van der Waals surface area contributed by atoms with Crippen molar-refractivity contribution in [1.82, 2.24) is 0 Å². The van der Waals surface area contributed by atoms with Gasteiger partial charge in [-0.25, -0.2) is 0 Å². The summed E-state index contributed by atoms with van der Waals surface area (Å²) in [6.07, 6.45) is 9.70. The van der Waals surface area contributed by atoms with Crippen LogP contribution >= 0.6 is 0 Å². The van der Waals surface area contributed by atoms with Gasteiger partial charge in [0.05, 0.1) is 0 Å². The number of unbranched alkanes of at least 4 members (excludes halogenated alkanes) is 6. The monoisotopic (exact) mass is 334 g/mol. The fraction of sp³-hybridized carbons (Fsp3) is 1.00. The maximum atomic E-state index is 6.47. The third-order valence-corrected chi connectivity index (χ3v) is 13.3. The van der Waals surface area contributed by atoms with Crippen molar-refractivity contribution in [2.45, 2.75) is 97.2 Å². The van der Waals surface area contributed by atoms with E-state index in [1.165, 1.54) is 51.0 Å². The normalized spacial score (nSPS) is 13.2. The standard InChI is InChI=1S/C15H38O2Si3/c1-8-9-10-11-12-13-14-15-19(4,5)17-20(6,7)16-18(2)3/h18H,8-15H2,1-7H3. The summed E-state index contributed by atoms with van der Waals surface area (Å²) in [5, 5.41) is 0. The molecule has 0 rings (SSSR count). The molecule has 0 amide bonds. The van der Waals surface area contributed by atoms with Crippen LogP contribution in [0.25, 0.3) is 0 Å². The molecule has 0 aromatic heterocycles. The highest BCUT2D eigenvalue weighted by atomic mass is 28.5. The molecule has 2 nitrogen and oxygen atoms in total. The van der Waals surface area contributed by atoms with Crippen molar-refractivity contribution in [3.05, 3.63) is 0 Å². The van der Waals surface area contributed by atoms with Crippen LogP contribution in [0.2, 0.25) is 45.3 Å². The van der Waals surface area contributed by atoms with Crippen LogP contribution in [0, 0.1) is 0 Å². The molecule has 0 radical (unpaired) electrons. The SMILES string of the molecule is CCCCCCCCC[Si](C)(C)O[Si](C)(C)O[SiH](C)C. The van der Waals surface area contributed by atoms with Crippen molar-refractivity contribution in [2.75, 3.05) is 0 Å². The maximum Gasteiger partial charge on any atom is 0.310 e. The van der Waals surface area contributed by atoms with Crippen LogP contribution in [0.4, 0.5) is 0 Å². The first-order valence-electron chi connectivity index (χ1n) is 8.56. The van der Waals surface area contributed by atoms with Gasteiger partial charge in [-0.2, -0.15) is 0 Å². The van der Waals surface area contributed by atoms with Gasteiger partial charge in [-0.1, -0.05) is 51.9 Å². The molecule has 0 N–H and O–H groups in total.